The second-order valence-electron chi connectivity index (χ2n) is 58.9. The molecule has 0 unspecified atom stereocenters. The predicted octanol–water partition coefficient (Wildman–Crippen LogP) is 26.3. The average Bonchev–Trinajstić information content (AvgIpc) is 1.06. The van der Waals surface area contributed by atoms with E-state index in [0.717, 1.165) is 178 Å². The molecular formula is C117H227N11O8. The maximum Gasteiger partial charge on any atom is 0.248 e. The summed E-state index contributed by atoms with van der Waals surface area (Å²) in [6.07, 6.45) is 20.7. The molecule has 0 radical (unpaired) electrons. The van der Waals surface area contributed by atoms with Crippen molar-refractivity contribution in [1.82, 2.24) is 49.9 Å². The number of likely N-dealkylation sites (tertiary alicyclic amines) is 5. The van der Waals surface area contributed by atoms with E-state index in [1.807, 2.05) is 83.2 Å². The molecule has 8 heterocycles. The van der Waals surface area contributed by atoms with Gasteiger partial charge in [0.25, 0.3) is 0 Å². The van der Waals surface area contributed by atoms with Gasteiger partial charge in [0.15, 0.2) is 0 Å². The van der Waals surface area contributed by atoms with Crippen LogP contribution in [0.5, 0.6) is 0 Å². The van der Waals surface area contributed by atoms with Crippen LogP contribution < -0.4 is 15.5 Å². The highest BCUT2D eigenvalue weighted by Crippen LogP contribution is 2.41. The van der Waals surface area contributed by atoms with Crippen molar-refractivity contribution in [2.45, 2.75) is 493 Å². The van der Waals surface area contributed by atoms with Gasteiger partial charge in [0, 0.05) is 152 Å². The zero-order chi connectivity index (χ0) is 106. The largest absolute Gasteiger partial charge is 0.366 e. The summed E-state index contributed by atoms with van der Waals surface area (Å²) in [5.41, 5.74) is 4.67. The SMILES string of the molecule is CC(C)(C)C1CCN(C(C)(C)C)CC1.CC(C)(C)CC(=O)NC(C)(C)C.CC(C)(C)CCC(=O)N1CCC(C(C)(C)C)CC1.CC(C)(C)CCC(=O)N1CCN(C(C)(C)C)CC1.CC(C)(C)CCC(=O)N[C@@H]1CCN(C(C)(C)C)C1.CC(C)(C)OCC(=O)N1CCC(C(C)(C)C)CC1.CC(C)(C)OCC(=O)N1CCC(C(C)(C)C)CC1.CC(C)(C)c1ccnc(N2CCC(C(C)(C)C)CC2)c1. The maximum absolute atomic E-state index is 12.1. The number of amides is 6. The summed E-state index contributed by atoms with van der Waals surface area (Å²) in [5, 5.41) is 6.11. The Labute approximate surface area is 842 Å². The van der Waals surface area contributed by atoms with Gasteiger partial charge in [-0.25, -0.2) is 4.98 Å². The highest BCUT2D eigenvalue weighted by Gasteiger charge is 2.39. The van der Waals surface area contributed by atoms with E-state index in [0.29, 0.717) is 76.2 Å². The van der Waals surface area contributed by atoms with Gasteiger partial charge in [-0.3, -0.25) is 43.5 Å². The van der Waals surface area contributed by atoms with Gasteiger partial charge in [-0.05, 0) is 329 Å². The maximum atomic E-state index is 12.1. The topological polar surface area (TPSA) is 184 Å². The molecular weight excluding hydrogens is 1690 g/mol. The number of ether oxygens (including phenoxy) is 2. The molecule has 2 N–H and O–H groups in total. The lowest BCUT2D eigenvalue weighted by atomic mass is 9.75. The molecule has 0 aromatic carbocycles. The Balaban J connectivity index is 0.000000780. The van der Waals surface area contributed by atoms with Crippen LogP contribution in [-0.2, 0) is 43.7 Å². The molecule has 7 aliphatic heterocycles. The normalized spacial score (nSPS) is 19.2. The van der Waals surface area contributed by atoms with Crippen LogP contribution in [0.4, 0.5) is 5.82 Å². The van der Waals surface area contributed by atoms with E-state index in [9.17, 15) is 28.8 Å². The molecule has 7 fully saturated rings. The molecule has 19 heteroatoms. The number of carbonyl (C=O) groups is 6. The lowest BCUT2D eigenvalue weighted by molar-refractivity contribution is -0.143. The minimum Gasteiger partial charge on any atom is -0.366 e. The number of pyridine rings is 1. The molecule has 0 aliphatic carbocycles. The molecule has 0 saturated carbocycles. The van der Waals surface area contributed by atoms with E-state index in [1.54, 1.807) is 0 Å². The van der Waals surface area contributed by atoms with E-state index in [4.69, 9.17) is 9.47 Å². The Hall–Kier alpha value is -4.43. The standard InChI is InChI=1S/C18H30N2.C16H31NO.2C15H30N2O.2C15H29NO2.C13H27N.C10H21NO/c1-17(2,3)14-8-11-20(12-9-14)16-13-15(7-10-19-16)18(4,5)6;1-15(2,3)10-7-14(18)17-11-8-13(9-12-17)16(4,5)6;1-14(2,3)9-7-13(18)16-12-8-10-17(11-12)15(4,5)6;1-14(2,3)8-7-13(18)16-9-11-17(12-10-16)15(4,5)6;2*1-14(2,3)12-7-9-16(10-8-12)13(17)11-18-15(4,5)6;1-12(2,3)11-7-9-14(10-8-11)13(4,5)6;1-9(2,3)7-8(12)11-10(4,5)6/h7,10,13-14H,8-9,11-12H2,1-6H3;13H,7-12H2,1-6H3;12H,7-11H2,1-6H3,(H,16,18);7-12H2,1-6H3;2*12H,7-11H2,1-6H3;11H,7-10H2,1-6H3;7H2,1-6H3,(H,11,12)/t;;12-;;;;;/m..1...../s1. The zero-order valence-corrected chi connectivity index (χ0v) is 98.9. The summed E-state index contributed by atoms with van der Waals surface area (Å²) in [4.78, 5) is 94.1. The monoisotopic (exact) mass is 1910 g/mol. The Bertz CT molecular complexity index is 3270. The van der Waals surface area contributed by atoms with Gasteiger partial charge < -0.3 is 44.6 Å². The van der Waals surface area contributed by atoms with E-state index >= 15 is 0 Å². The number of piperidine rings is 5. The number of carbonyl (C=O) groups excluding carboxylic acids is 6. The number of piperazine rings is 1. The van der Waals surface area contributed by atoms with Crippen LogP contribution in [0.2, 0.25) is 0 Å². The van der Waals surface area contributed by atoms with Gasteiger partial charge in [-0.1, -0.05) is 208 Å². The first kappa shape index (κ1) is 130. The number of anilines is 1. The third-order valence-corrected chi connectivity index (χ3v) is 28.4. The van der Waals surface area contributed by atoms with Crippen molar-refractivity contribution in [2.24, 2.45) is 78.3 Å². The molecule has 8 rings (SSSR count). The van der Waals surface area contributed by atoms with Gasteiger partial charge in [-0.15, -0.1) is 0 Å². The van der Waals surface area contributed by atoms with Crippen molar-refractivity contribution in [1.29, 1.82) is 0 Å². The number of hydrogen-bond donors (Lipinski definition) is 2. The fourth-order valence-corrected chi connectivity index (χ4v) is 18.3. The molecule has 0 bridgehead atoms. The van der Waals surface area contributed by atoms with Crippen LogP contribution in [0.25, 0.3) is 0 Å². The Morgan fingerprint density at radius 2 is 0.610 bits per heavy atom. The van der Waals surface area contributed by atoms with Gasteiger partial charge >= 0.3 is 0 Å². The van der Waals surface area contributed by atoms with Crippen molar-refractivity contribution in [3.05, 3.63) is 23.9 Å². The molecule has 1 atom stereocenters. The van der Waals surface area contributed by atoms with Crippen molar-refractivity contribution in [2.75, 3.05) is 123 Å². The highest BCUT2D eigenvalue weighted by molar-refractivity contribution is 5.79. The zero-order valence-electron chi connectivity index (χ0n) is 98.9. The Kier molecular flexibility index (Phi) is 51.4. The molecule has 1 aromatic heterocycles. The number of aromatic nitrogens is 1. The molecule has 798 valence electrons. The van der Waals surface area contributed by atoms with E-state index in [-0.39, 0.29) is 91.7 Å². The molecule has 7 aliphatic rings. The highest BCUT2D eigenvalue weighted by atomic mass is 16.5. The summed E-state index contributed by atoms with van der Waals surface area (Å²) >= 11 is 0. The van der Waals surface area contributed by atoms with Crippen LogP contribution in [0, 0.1) is 78.3 Å². The number of nitrogens with zero attached hydrogens (tertiary/aromatic N) is 9. The summed E-state index contributed by atoms with van der Waals surface area (Å²) < 4.78 is 11.1. The van der Waals surface area contributed by atoms with Crippen molar-refractivity contribution in [3.8, 4) is 0 Å². The molecule has 136 heavy (non-hydrogen) atoms. The quantitative estimate of drug-likeness (QED) is 0.190. The smallest absolute Gasteiger partial charge is 0.248 e. The predicted molar refractivity (Wildman–Crippen MR) is 582 cm³/mol. The summed E-state index contributed by atoms with van der Waals surface area (Å²) in [6, 6.07) is 4.76. The van der Waals surface area contributed by atoms with Crippen molar-refractivity contribution in [3.63, 3.8) is 0 Å². The fourth-order valence-electron chi connectivity index (χ4n) is 18.3. The van der Waals surface area contributed by atoms with Gasteiger partial charge in [0.2, 0.25) is 35.4 Å². The van der Waals surface area contributed by atoms with E-state index in [2.05, 4.69) is 322 Å². The Morgan fingerprint density at radius 3 is 0.890 bits per heavy atom. The number of hydrogen-bond acceptors (Lipinski definition) is 13. The fraction of sp³-hybridized carbons (Fsp3) is 0.906. The number of rotatable bonds is 13. The van der Waals surface area contributed by atoms with E-state index < -0.39 is 0 Å². The first-order chi connectivity index (χ1) is 60.9. The van der Waals surface area contributed by atoms with E-state index in [1.165, 1.54) is 57.2 Å². The van der Waals surface area contributed by atoms with Crippen LogP contribution in [0.15, 0.2) is 18.3 Å². The Morgan fingerprint density at radius 1 is 0.324 bits per heavy atom. The minimum absolute atomic E-state index is 0.0787. The first-order valence-corrected chi connectivity index (χ1v) is 53.9. The molecule has 6 amide bonds. The van der Waals surface area contributed by atoms with Gasteiger partial charge in [0.05, 0.1) is 11.2 Å². The van der Waals surface area contributed by atoms with Gasteiger partial charge in [-0.2, -0.15) is 0 Å². The molecule has 19 nitrogen and oxygen atoms in total. The summed E-state index contributed by atoms with van der Waals surface area (Å²) in [5.74, 6) is 6.45. The lowest BCUT2D eigenvalue weighted by Crippen LogP contribution is -2.54. The third kappa shape index (κ3) is 57.8. The molecule has 7 saturated heterocycles. The summed E-state index contributed by atoms with van der Waals surface area (Å²) in [6.45, 7) is 122. The second kappa shape index (κ2) is 54.0. The van der Waals surface area contributed by atoms with Crippen molar-refractivity contribution >= 4 is 41.3 Å². The second-order valence-corrected chi connectivity index (χ2v) is 58.9. The van der Waals surface area contributed by atoms with Crippen LogP contribution in [0.1, 0.15) is 453 Å². The van der Waals surface area contributed by atoms with Gasteiger partial charge in [0.1, 0.15) is 19.0 Å². The minimum atomic E-state index is -0.237. The first-order valence-electron chi connectivity index (χ1n) is 53.9. The number of nitrogens with one attached hydrogen (secondary N) is 2. The average molecular weight is 1920 g/mol. The van der Waals surface area contributed by atoms with Crippen LogP contribution in [-0.4, -0.2) is 232 Å². The third-order valence-electron chi connectivity index (χ3n) is 28.4. The van der Waals surface area contributed by atoms with Crippen LogP contribution in [0.3, 0.4) is 0 Å². The van der Waals surface area contributed by atoms with Crippen LogP contribution >= 0.6 is 0 Å². The summed E-state index contributed by atoms with van der Waals surface area (Å²) in [7, 11) is 0. The molecule has 1 aromatic rings. The lowest BCUT2D eigenvalue weighted by Gasteiger charge is -2.44. The van der Waals surface area contributed by atoms with Crippen molar-refractivity contribution < 1.29 is 38.2 Å². The molecule has 0 spiro atoms.